The van der Waals surface area contributed by atoms with E-state index >= 15 is 0 Å². The predicted octanol–water partition coefficient (Wildman–Crippen LogP) is 4.99. The van der Waals surface area contributed by atoms with E-state index in [2.05, 4.69) is 26.2 Å². The maximum atomic E-state index is 12.4. The molecule has 0 aromatic heterocycles. The zero-order valence-electron chi connectivity index (χ0n) is 17.9. The maximum Gasteiger partial charge on any atom is 0.344 e. The molecule has 168 valence electrons. The van der Waals surface area contributed by atoms with Crippen molar-refractivity contribution in [1.82, 2.24) is 5.32 Å². The van der Waals surface area contributed by atoms with Gasteiger partial charge in [-0.3, -0.25) is 4.79 Å². The fourth-order valence-corrected chi connectivity index (χ4v) is 4.19. The van der Waals surface area contributed by atoms with Gasteiger partial charge in [0.05, 0.1) is 28.3 Å². The second-order valence-electron chi connectivity index (χ2n) is 6.67. The van der Waals surface area contributed by atoms with Crippen molar-refractivity contribution >= 4 is 56.5 Å². The molecule has 0 saturated carbocycles. The molecule has 1 amide bonds. The Morgan fingerprint density at radius 2 is 1.91 bits per heavy atom. The summed E-state index contributed by atoms with van der Waals surface area (Å²) in [5, 5.41) is 3.30. The van der Waals surface area contributed by atoms with Crippen molar-refractivity contribution in [1.29, 1.82) is 0 Å². The largest absolute Gasteiger partial charge is 0.490 e. The SMILES string of the molecule is CCOC(=O)COc1c(Br)cc(/C=C2/SC(=Nc3ccc(C)cc3)NC2=O)cc1OCC. The number of nitrogens with zero attached hydrogens (tertiary/aromatic N) is 1. The number of carbonyl (C=O) groups excluding carboxylic acids is 2. The highest BCUT2D eigenvalue weighted by atomic mass is 79.9. The van der Waals surface area contributed by atoms with E-state index < -0.39 is 5.97 Å². The van der Waals surface area contributed by atoms with E-state index in [0.717, 1.165) is 16.8 Å². The number of ether oxygens (including phenoxy) is 3. The molecule has 0 atom stereocenters. The van der Waals surface area contributed by atoms with E-state index in [4.69, 9.17) is 14.2 Å². The normalized spacial score (nSPS) is 15.7. The molecule has 1 fully saturated rings. The number of hydrogen-bond acceptors (Lipinski definition) is 7. The van der Waals surface area contributed by atoms with Crippen molar-refractivity contribution in [2.45, 2.75) is 20.8 Å². The molecule has 0 bridgehead atoms. The molecule has 9 heteroatoms. The van der Waals surface area contributed by atoms with E-state index in [1.54, 1.807) is 25.1 Å². The summed E-state index contributed by atoms with van der Waals surface area (Å²) in [7, 11) is 0. The van der Waals surface area contributed by atoms with Gasteiger partial charge in [-0.05, 0) is 84.4 Å². The molecule has 0 unspecified atom stereocenters. The van der Waals surface area contributed by atoms with Crippen LogP contribution in [0.15, 0.2) is 50.8 Å². The van der Waals surface area contributed by atoms with Gasteiger partial charge in [0.15, 0.2) is 23.3 Å². The van der Waals surface area contributed by atoms with Crippen molar-refractivity contribution in [2.24, 2.45) is 4.99 Å². The van der Waals surface area contributed by atoms with E-state index in [-0.39, 0.29) is 19.1 Å². The fourth-order valence-electron chi connectivity index (χ4n) is 2.78. The smallest absolute Gasteiger partial charge is 0.344 e. The Labute approximate surface area is 199 Å². The Morgan fingerprint density at radius 1 is 1.16 bits per heavy atom. The van der Waals surface area contributed by atoms with Crippen LogP contribution in [0, 0.1) is 6.92 Å². The third-order valence-corrected chi connectivity index (χ3v) is 5.68. The number of amides is 1. The lowest BCUT2D eigenvalue weighted by molar-refractivity contribution is -0.145. The molecule has 0 radical (unpaired) electrons. The Kier molecular flexibility index (Phi) is 8.35. The molecule has 0 aliphatic carbocycles. The lowest BCUT2D eigenvalue weighted by atomic mass is 10.2. The maximum absolute atomic E-state index is 12.4. The van der Waals surface area contributed by atoms with Gasteiger partial charge >= 0.3 is 5.97 Å². The minimum Gasteiger partial charge on any atom is -0.490 e. The highest BCUT2D eigenvalue weighted by Crippen LogP contribution is 2.38. The summed E-state index contributed by atoms with van der Waals surface area (Å²) in [4.78, 5) is 29.1. The van der Waals surface area contributed by atoms with Crippen molar-refractivity contribution in [3.8, 4) is 11.5 Å². The molecule has 0 spiro atoms. The monoisotopic (exact) mass is 518 g/mol. The van der Waals surface area contributed by atoms with Crippen molar-refractivity contribution in [3.63, 3.8) is 0 Å². The number of benzene rings is 2. The number of esters is 1. The topological polar surface area (TPSA) is 86.2 Å². The second kappa shape index (κ2) is 11.2. The lowest BCUT2D eigenvalue weighted by Gasteiger charge is -2.14. The van der Waals surface area contributed by atoms with Crippen LogP contribution in [0.1, 0.15) is 25.0 Å². The number of rotatable bonds is 8. The zero-order chi connectivity index (χ0) is 23.1. The molecule has 1 heterocycles. The molecule has 1 aliphatic heterocycles. The second-order valence-corrected chi connectivity index (χ2v) is 8.56. The first-order valence-electron chi connectivity index (χ1n) is 10.0. The molecule has 2 aromatic rings. The average Bonchev–Trinajstić information content (AvgIpc) is 3.08. The number of amidine groups is 1. The number of carbonyl (C=O) groups is 2. The van der Waals surface area contributed by atoms with Gasteiger partial charge < -0.3 is 19.5 Å². The van der Waals surface area contributed by atoms with Crippen LogP contribution in [0.5, 0.6) is 11.5 Å². The summed E-state index contributed by atoms with van der Waals surface area (Å²) in [5.41, 5.74) is 2.64. The number of aliphatic imine (C=N–C) groups is 1. The minimum atomic E-state index is -0.465. The van der Waals surface area contributed by atoms with E-state index in [9.17, 15) is 9.59 Å². The Hall–Kier alpha value is -2.78. The highest BCUT2D eigenvalue weighted by molar-refractivity contribution is 9.10. The van der Waals surface area contributed by atoms with Gasteiger partial charge in [0.1, 0.15) is 0 Å². The summed E-state index contributed by atoms with van der Waals surface area (Å²) >= 11 is 4.73. The molecule has 1 N–H and O–H groups in total. The summed E-state index contributed by atoms with van der Waals surface area (Å²) in [5.74, 6) is 0.159. The zero-order valence-corrected chi connectivity index (χ0v) is 20.3. The molecule has 32 heavy (non-hydrogen) atoms. The number of halogens is 1. The van der Waals surface area contributed by atoms with E-state index in [1.165, 1.54) is 11.8 Å². The van der Waals surface area contributed by atoms with Gasteiger partial charge in [0.25, 0.3) is 5.91 Å². The minimum absolute atomic E-state index is 0.224. The van der Waals surface area contributed by atoms with Crippen LogP contribution >= 0.6 is 27.7 Å². The van der Waals surface area contributed by atoms with Gasteiger partial charge in [-0.1, -0.05) is 17.7 Å². The number of hydrogen-bond donors (Lipinski definition) is 1. The van der Waals surface area contributed by atoms with Crippen LogP contribution in [0.4, 0.5) is 5.69 Å². The predicted molar refractivity (Wildman–Crippen MR) is 129 cm³/mol. The van der Waals surface area contributed by atoms with Crippen LogP contribution in [0.25, 0.3) is 6.08 Å². The summed E-state index contributed by atoms with van der Waals surface area (Å²) in [6, 6.07) is 11.3. The first kappa shape index (κ1) is 23.9. The lowest BCUT2D eigenvalue weighted by Crippen LogP contribution is -2.19. The first-order valence-corrected chi connectivity index (χ1v) is 11.6. The van der Waals surface area contributed by atoms with Crippen LogP contribution in [-0.2, 0) is 14.3 Å². The van der Waals surface area contributed by atoms with E-state index in [0.29, 0.717) is 32.7 Å². The third kappa shape index (κ3) is 6.37. The van der Waals surface area contributed by atoms with Crippen molar-refractivity contribution < 1.29 is 23.8 Å². The average molecular weight is 519 g/mol. The molecular formula is C23H23BrN2O5S. The molecule has 3 rings (SSSR count). The number of aryl methyl sites for hydroxylation is 1. The van der Waals surface area contributed by atoms with Crippen LogP contribution < -0.4 is 14.8 Å². The van der Waals surface area contributed by atoms with Crippen LogP contribution in [0.3, 0.4) is 0 Å². The Morgan fingerprint density at radius 3 is 2.59 bits per heavy atom. The number of nitrogens with one attached hydrogen (secondary N) is 1. The molecule has 2 aromatic carbocycles. The summed E-state index contributed by atoms with van der Waals surface area (Å²) in [6.45, 7) is 6.04. The van der Waals surface area contributed by atoms with Gasteiger partial charge in [-0.15, -0.1) is 0 Å². The third-order valence-electron chi connectivity index (χ3n) is 4.18. The Balaban J connectivity index is 1.81. The van der Waals surface area contributed by atoms with Gasteiger partial charge in [0, 0.05) is 0 Å². The highest BCUT2D eigenvalue weighted by Gasteiger charge is 2.24. The van der Waals surface area contributed by atoms with Crippen molar-refractivity contribution in [3.05, 3.63) is 56.9 Å². The molecule has 1 aliphatic rings. The summed E-state index contributed by atoms with van der Waals surface area (Å²) < 4.78 is 16.8. The first-order chi connectivity index (χ1) is 15.4. The Bertz CT molecular complexity index is 1070. The molecule has 1 saturated heterocycles. The van der Waals surface area contributed by atoms with E-state index in [1.807, 2.05) is 38.1 Å². The van der Waals surface area contributed by atoms with Gasteiger partial charge in [-0.25, -0.2) is 9.79 Å². The van der Waals surface area contributed by atoms with Gasteiger partial charge in [-0.2, -0.15) is 0 Å². The molecule has 7 nitrogen and oxygen atoms in total. The summed E-state index contributed by atoms with van der Waals surface area (Å²) in [6.07, 6.45) is 1.75. The fraction of sp³-hybridized carbons (Fsp3) is 0.261. The van der Waals surface area contributed by atoms with Gasteiger partial charge in [0.2, 0.25) is 0 Å². The number of thioether (sulfide) groups is 1. The quantitative estimate of drug-likeness (QED) is 0.391. The van der Waals surface area contributed by atoms with Crippen LogP contribution in [0.2, 0.25) is 0 Å². The standard InChI is InChI=1S/C23H23BrN2O5S/c1-4-29-18-11-15(10-17(24)21(18)31-13-20(27)30-5-2)12-19-22(28)26-23(32-19)25-16-8-6-14(3)7-9-16/h6-12H,4-5,13H2,1-3H3,(H,25,26,28)/b19-12+. The van der Waals surface area contributed by atoms with Crippen molar-refractivity contribution in [2.75, 3.05) is 19.8 Å². The van der Waals surface area contributed by atoms with Crippen LogP contribution in [-0.4, -0.2) is 36.9 Å². The molecular weight excluding hydrogens is 496 g/mol.